The van der Waals surface area contributed by atoms with Gasteiger partial charge in [-0.05, 0) is 37.3 Å². The van der Waals surface area contributed by atoms with Gasteiger partial charge < -0.3 is 4.90 Å². The van der Waals surface area contributed by atoms with Crippen molar-refractivity contribution in [1.29, 1.82) is 0 Å². The number of likely N-dealkylation sites (tertiary alicyclic amines) is 1. The molecule has 1 saturated carbocycles. The highest BCUT2D eigenvalue weighted by atomic mass is 32.1. The van der Waals surface area contributed by atoms with Crippen LogP contribution >= 0.6 is 11.3 Å². The summed E-state index contributed by atoms with van der Waals surface area (Å²) in [6.45, 7) is 0.687. The minimum Gasteiger partial charge on any atom is -0.335 e. The average Bonchev–Trinajstić information content (AvgIpc) is 3.11. The minimum atomic E-state index is -4.47. The third kappa shape index (κ3) is 2.18. The van der Waals surface area contributed by atoms with E-state index in [2.05, 4.69) is 4.98 Å². The van der Waals surface area contributed by atoms with Gasteiger partial charge in [0.15, 0.2) is 5.01 Å². The standard InChI is InChI=1S/C15H13F3N2OS/c16-15(17,18)14-19-12-9(2-1-3-11(12)22-14)13(21)20-7-6-10(20)8-4-5-8/h1-3,8,10H,4-7H2. The van der Waals surface area contributed by atoms with Crippen LogP contribution in [0.15, 0.2) is 18.2 Å². The van der Waals surface area contributed by atoms with Crippen LogP contribution in [0.2, 0.25) is 0 Å². The molecule has 1 amide bonds. The molecule has 1 atom stereocenters. The first-order valence-electron chi connectivity index (χ1n) is 7.23. The number of thiazole rings is 1. The van der Waals surface area contributed by atoms with Gasteiger partial charge in [-0.2, -0.15) is 13.2 Å². The summed E-state index contributed by atoms with van der Waals surface area (Å²) in [6, 6.07) is 5.05. The predicted molar refractivity (Wildman–Crippen MR) is 76.8 cm³/mol. The van der Waals surface area contributed by atoms with Crippen molar-refractivity contribution in [1.82, 2.24) is 9.88 Å². The van der Waals surface area contributed by atoms with E-state index in [0.29, 0.717) is 28.5 Å². The topological polar surface area (TPSA) is 33.2 Å². The van der Waals surface area contributed by atoms with Crippen LogP contribution in [0.5, 0.6) is 0 Å². The minimum absolute atomic E-state index is 0.172. The van der Waals surface area contributed by atoms with Gasteiger partial charge in [-0.15, -0.1) is 11.3 Å². The second-order valence-corrected chi connectivity index (χ2v) is 6.89. The fraction of sp³-hybridized carbons (Fsp3) is 0.467. The van der Waals surface area contributed by atoms with Crippen LogP contribution in [0, 0.1) is 5.92 Å². The summed E-state index contributed by atoms with van der Waals surface area (Å²) in [6.07, 6.45) is -1.18. The smallest absolute Gasteiger partial charge is 0.335 e. The van der Waals surface area contributed by atoms with E-state index >= 15 is 0 Å². The Kier molecular flexibility index (Phi) is 2.98. The molecule has 1 aliphatic carbocycles. The van der Waals surface area contributed by atoms with Crippen LogP contribution in [-0.2, 0) is 6.18 Å². The van der Waals surface area contributed by atoms with Crippen molar-refractivity contribution in [2.24, 2.45) is 5.92 Å². The molecule has 116 valence electrons. The first-order chi connectivity index (χ1) is 10.4. The van der Waals surface area contributed by atoms with E-state index in [-0.39, 0.29) is 23.0 Å². The van der Waals surface area contributed by atoms with Gasteiger partial charge in [-0.3, -0.25) is 4.79 Å². The maximum Gasteiger partial charge on any atom is 0.443 e. The summed E-state index contributed by atoms with van der Waals surface area (Å²) < 4.78 is 38.9. The first-order valence-corrected chi connectivity index (χ1v) is 8.04. The molecule has 4 rings (SSSR count). The summed E-state index contributed by atoms with van der Waals surface area (Å²) >= 11 is 0.586. The Labute approximate surface area is 128 Å². The van der Waals surface area contributed by atoms with Crippen molar-refractivity contribution in [3.05, 3.63) is 28.8 Å². The lowest BCUT2D eigenvalue weighted by Crippen LogP contribution is -2.52. The SMILES string of the molecule is O=C(c1cccc2sc(C(F)(F)F)nc12)N1CCC1C1CC1. The van der Waals surface area contributed by atoms with Crippen LogP contribution in [0.4, 0.5) is 13.2 Å². The fourth-order valence-electron chi connectivity index (χ4n) is 3.03. The second kappa shape index (κ2) is 4.68. The van der Waals surface area contributed by atoms with Crippen molar-refractivity contribution in [3.63, 3.8) is 0 Å². The number of carbonyl (C=O) groups excluding carboxylic acids is 1. The molecule has 2 aliphatic rings. The number of carbonyl (C=O) groups is 1. The van der Waals surface area contributed by atoms with Gasteiger partial charge in [0.2, 0.25) is 0 Å². The summed E-state index contributed by atoms with van der Waals surface area (Å²) in [5.74, 6) is 0.394. The summed E-state index contributed by atoms with van der Waals surface area (Å²) in [5, 5.41) is -0.898. The molecule has 1 saturated heterocycles. The van der Waals surface area contributed by atoms with Gasteiger partial charge in [-0.1, -0.05) is 6.07 Å². The Morgan fingerprint density at radius 3 is 2.64 bits per heavy atom. The molecule has 0 N–H and O–H groups in total. The molecule has 1 aromatic heterocycles. The van der Waals surface area contributed by atoms with E-state index in [1.54, 1.807) is 23.1 Å². The Hall–Kier alpha value is -1.63. The molecule has 7 heteroatoms. The maximum atomic E-state index is 12.8. The van der Waals surface area contributed by atoms with Gasteiger partial charge in [0.1, 0.15) is 0 Å². The Morgan fingerprint density at radius 2 is 2.05 bits per heavy atom. The summed E-state index contributed by atoms with van der Waals surface area (Å²) in [4.78, 5) is 18.1. The zero-order chi connectivity index (χ0) is 15.5. The Balaban J connectivity index is 1.71. The molecule has 0 radical (unpaired) electrons. The third-order valence-electron chi connectivity index (χ3n) is 4.39. The molecule has 1 unspecified atom stereocenters. The number of alkyl halides is 3. The lowest BCUT2D eigenvalue weighted by Gasteiger charge is -2.41. The quantitative estimate of drug-likeness (QED) is 0.837. The molecule has 22 heavy (non-hydrogen) atoms. The van der Waals surface area contributed by atoms with Crippen LogP contribution < -0.4 is 0 Å². The number of rotatable bonds is 2. The van der Waals surface area contributed by atoms with Gasteiger partial charge >= 0.3 is 6.18 Å². The number of fused-ring (bicyclic) bond motifs is 1. The van der Waals surface area contributed by atoms with E-state index in [9.17, 15) is 18.0 Å². The third-order valence-corrected chi connectivity index (χ3v) is 5.45. The van der Waals surface area contributed by atoms with Gasteiger partial charge in [0, 0.05) is 12.6 Å². The number of amides is 1. The number of hydrogen-bond donors (Lipinski definition) is 0. The fourth-order valence-corrected chi connectivity index (χ4v) is 3.89. The number of para-hydroxylation sites is 1. The van der Waals surface area contributed by atoms with E-state index in [1.165, 1.54) is 0 Å². The van der Waals surface area contributed by atoms with E-state index in [4.69, 9.17) is 0 Å². The monoisotopic (exact) mass is 326 g/mol. The van der Waals surface area contributed by atoms with Crippen molar-refractivity contribution >= 4 is 27.5 Å². The van der Waals surface area contributed by atoms with Crippen LogP contribution in [0.1, 0.15) is 34.6 Å². The van der Waals surface area contributed by atoms with Crippen molar-refractivity contribution in [2.45, 2.75) is 31.5 Å². The number of aromatic nitrogens is 1. The zero-order valence-electron chi connectivity index (χ0n) is 11.6. The highest BCUT2D eigenvalue weighted by molar-refractivity contribution is 7.18. The molecule has 2 aromatic rings. The molecular formula is C15H13F3N2OS. The van der Waals surface area contributed by atoms with E-state index in [1.807, 2.05) is 0 Å². The normalized spacial score (nSPS) is 22.0. The number of halogens is 3. The second-order valence-electron chi connectivity index (χ2n) is 5.86. The summed E-state index contributed by atoms with van der Waals surface area (Å²) in [5.41, 5.74) is 0.459. The molecule has 3 nitrogen and oxygen atoms in total. The van der Waals surface area contributed by atoms with Crippen molar-refractivity contribution < 1.29 is 18.0 Å². The lowest BCUT2D eigenvalue weighted by molar-refractivity contribution is -0.137. The van der Waals surface area contributed by atoms with Crippen LogP contribution in [0.25, 0.3) is 10.2 Å². The van der Waals surface area contributed by atoms with Crippen molar-refractivity contribution in [2.75, 3.05) is 6.54 Å². The largest absolute Gasteiger partial charge is 0.443 e. The maximum absolute atomic E-state index is 12.8. The van der Waals surface area contributed by atoms with E-state index < -0.39 is 11.2 Å². The number of nitrogens with zero attached hydrogens (tertiary/aromatic N) is 2. The van der Waals surface area contributed by atoms with Gasteiger partial charge in [-0.25, -0.2) is 4.98 Å². The predicted octanol–water partition coefficient (Wildman–Crippen LogP) is 3.94. The Bertz CT molecular complexity index is 751. The molecule has 2 heterocycles. The number of benzene rings is 1. The zero-order valence-corrected chi connectivity index (χ0v) is 12.4. The molecule has 2 fully saturated rings. The van der Waals surface area contributed by atoms with E-state index in [0.717, 1.165) is 19.3 Å². The van der Waals surface area contributed by atoms with Crippen LogP contribution in [0.3, 0.4) is 0 Å². The summed E-state index contributed by atoms with van der Waals surface area (Å²) in [7, 11) is 0. The van der Waals surface area contributed by atoms with Crippen LogP contribution in [-0.4, -0.2) is 28.4 Å². The number of hydrogen-bond acceptors (Lipinski definition) is 3. The van der Waals surface area contributed by atoms with Gasteiger partial charge in [0.25, 0.3) is 5.91 Å². The van der Waals surface area contributed by atoms with Gasteiger partial charge in [0.05, 0.1) is 15.8 Å². The van der Waals surface area contributed by atoms with Crippen molar-refractivity contribution in [3.8, 4) is 0 Å². The average molecular weight is 326 g/mol. The molecular weight excluding hydrogens is 313 g/mol. The highest BCUT2D eigenvalue weighted by Crippen LogP contribution is 2.42. The molecule has 0 bridgehead atoms. The molecule has 1 aliphatic heterocycles. The first kappa shape index (κ1) is 14.0. The molecule has 1 aromatic carbocycles. The lowest BCUT2D eigenvalue weighted by atomic mass is 9.96. The molecule has 0 spiro atoms. The highest BCUT2D eigenvalue weighted by Gasteiger charge is 2.43. The Morgan fingerprint density at radius 1 is 1.27 bits per heavy atom.